The molecule has 8 heteroatoms. The molecule has 0 radical (unpaired) electrons. The average Bonchev–Trinajstić information content (AvgIpc) is 2.59. The number of benzene rings is 2. The molecule has 0 fully saturated rings. The Bertz CT molecular complexity index is 918. The van der Waals surface area contributed by atoms with Gasteiger partial charge in [-0.3, -0.25) is 0 Å². The van der Waals surface area contributed by atoms with Crippen LogP contribution >= 0.6 is 0 Å². The van der Waals surface area contributed by atoms with Gasteiger partial charge in [0.25, 0.3) is 0 Å². The highest BCUT2D eigenvalue weighted by atomic mass is 19.1. The van der Waals surface area contributed by atoms with Gasteiger partial charge in [0, 0.05) is 11.9 Å². The summed E-state index contributed by atoms with van der Waals surface area (Å²) in [5.74, 6) is 0.368. The van der Waals surface area contributed by atoms with Crippen molar-refractivity contribution in [1.82, 2.24) is 9.97 Å². The first kappa shape index (κ1) is 16.6. The van der Waals surface area contributed by atoms with Gasteiger partial charge in [-0.05, 0) is 29.8 Å². The second-order valence-corrected chi connectivity index (χ2v) is 5.28. The molecular formula is C17H16FN5O2. The van der Waals surface area contributed by atoms with E-state index < -0.39 is 6.09 Å². The molecule has 1 heterocycles. The summed E-state index contributed by atoms with van der Waals surface area (Å²) in [4.78, 5) is 19.4. The van der Waals surface area contributed by atoms with Crippen molar-refractivity contribution in [3.8, 4) is 5.75 Å². The molecule has 0 saturated heterocycles. The number of nitrogens with one attached hydrogen (secondary N) is 1. The predicted octanol–water partition coefficient (Wildman–Crippen LogP) is 2.34. The maximum atomic E-state index is 13.5. The lowest BCUT2D eigenvalue weighted by molar-refractivity contribution is 0.211. The number of fused-ring (bicyclic) bond motifs is 1. The summed E-state index contributed by atoms with van der Waals surface area (Å²) in [5.41, 5.74) is 12.0. The normalized spacial score (nSPS) is 11.9. The number of aromatic nitrogens is 2. The molecule has 0 aliphatic carbocycles. The fourth-order valence-electron chi connectivity index (χ4n) is 2.53. The largest absolute Gasteiger partial charge is 0.410 e. The van der Waals surface area contributed by atoms with E-state index in [-0.39, 0.29) is 24.2 Å². The molecule has 2 aromatic carbocycles. The van der Waals surface area contributed by atoms with E-state index in [1.165, 1.54) is 18.5 Å². The van der Waals surface area contributed by atoms with E-state index in [2.05, 4.69) is 15.3 Å². The fourth-order valence-corrected chi connectivity index (χ4v) is 2.53. The molecule has 0 spiro atoms. The van der Waals surface area contributed by atoms with Crippen molar-refractivity contribution in [2.24, 2.45) is 11.5 Å². The van der Waals surface area contributed by atoms with Crippen molar-refractivity contribution in [3.63, 3.8) is 0 Å². The quantitative estimate of drug-likeness (QED) is 0.656. The number of para-hydroxylation sites is 1. The van der Waals surface area contributed by atoms with Gasteiger partial charge in [0.15, 0.2) is 5.75 Å². The summed E-state index contributed by atoms with van der Waals surface area (Å²) >= 11 is 0. The minimum absolute atomic E-state index is 0.227. The molecule has 25 heavy (non-hydrogen) atoms. The number of carbonyl (C=O) groups is 1. The third-order valence-corrected chi connectivity index (χ3v) is 3.64. The predicted molar refractivity (Wildman–Crippen MR) is 91.6 cm³/mol. The molecule has 128 valence electrons. The van der Waals surface area contributed by atoms with Crippen LogP contribution in [0.3, 0.4) is 0 Å². The van der Waals surface area contributed by atoms with Gasteiger partial charge in [-0.25, -0.2) is 19.2 Å². The van der Waals surface area contributed by atoms with Crippen molar-refractivity contribution in [2.45, 2.75) is 6.04 Å². The van der Waals surface area contributed by atoms with E-state index in [9.17, 15) is 9.18 Å². The summed E-state index contributed by atoms with van der Waals surface area (Å²) in [7, 11) is 0. The van der Waals surface area contributed by atoms with Crippen LogP contribution in [0.4, 0.5) is 15.0 Å². The maximum absolute atomic E-state index is 13.5. The Hall–Kier alpha value is -3.26. The van der Waals surface area contributed by atoms with Crippen LogP contribution in [0.2, 0.25) is 0 Å². The lowest BCUT2D eigenvalue weighted by Crippen LogP contribution is -2.21. The number of primary amides is 1. The summed E-state index contributed by atoms with van der Waals surface area (Å²) in [5, 5.41) is 3.80. The van der Waals surface area contributed by atoms with Crippen molar-refractivity contribution in [1.29, 1.82) is 0 Å². The van der Waals surface area contributed by atoms with E-state index >= 15 is 0 Å². The van der Waals surface area contributed by atoms with Crippen LogP contribution in [-0.4, -0.2) is 22.6 Å². The Morgan fingerprint density at radius 2 is 2.04 bits per heavy atom. The summed E-state index contributed by atoms with van der Waals surface area (Å²) in [6.45, 7) is 0.229. The first-order valence-corrected chi connectivity index (χ1v) is 7.51. The molecule has 0 aliphatic heterocycles. The highest BCUT2D eigenvalue weighted by Gasteiger charge is 2.15. The highest BCUT2D eigenvalue weighted by molar-refractivity contribution is 5.94. The number of nitrogens with zero attached hydrogens (tertiary/aromatic N) is 2. The van der Waals surface area contributed by atoms with Gasteiger partial charge in [-0.2, -0.15) is 0 Å². The smallest absolute Gasteiger partial charge is 0.408 e. The number of nitrogens with two attached hydrogens (primary N) is 2. The van der Waals surface area contributed by atoms with Crippen molar-refractivity contribution in [3.05, 3.63) is 60.2 Å². The van der Waals surface area contributed by atoms with Crippen LogP contribution < -0.4 is 21.5 Å². The second-order valence-electron chi connectivity index (χ2n) is 5.28. The molecule has 1 aromatic heterocycles. The molecule has 1 amide bonds. The molecular weight excluding hydrogens is 325 g/mol. The third-order valence-electron chi connectivity index (χ3n) is 3.64. The zero-order valence-electron chi connectivity index (χ0n) is 13.1. The monoisotopic (exact) mass is 341 g/mol. The topological polar surface area (TPSA) is 116 Å². The zero-order valence-corrected chi connectivity index (χ0v) is 13.1. The van der Waals surface area contributed by atoms with Crippen molar-refractivity contribution >= 4 is 22.8 Å². The van der Waals surface area contributed by atoms with Gasteiger partial charge in [-0.15, -0.1) is 0 Å². The molecule has 3 aromatic rings. The first-order chi connectivity index (χ1) is 12.1. The van der Waals surface area contributed by atoms with Gasteiger partial charge < -0.3 is 21.5 Å². The Balaban J connectivity index is 1.99. The van der Waals surface area contributed by atoms with Crippen LogP contribution in [-0.2, 0) is 0 Å². The van der Waals surface area contributed by atoms with Crippen molar-refractivity contribution < 1.29 is 13.9 Å². The van der Waals surface area contributed by atoms with Crippen LogP contribution in [0.15, 0.2) is 48.8 Å². The van der Waals surface area contributed by atoms with E-state index in [4.69, 9.17) is 16.2 Å². The van der Waals surface area contributed by atoms with Gasteiger partial charge in [0.2, 0.25) is 0 Å². The fraction of sp³-hybridized carbons (Fsp3) is 0.118. The SMILES string of the molecule is NCC(Nc1ncnc2c(OC(N)=O)cccc12)c1cccc(F)c1. The molecule has 0 saturated carbocycles. The number of halogens is 1. The number of rotatable bonds is 5. The molecule has 0 bridgehead atoms. The lowest BCUT2D eigenvalue weighted by Gasteiger charge is -2.19. The zero-order chi connectivity index (χ0) is 17.8. The molecule has 3 rings (SSSR count). The summed E-state index contributed by atoms with van der Waals surface area (Å²) < 4.78 is 18.4. The Morgan fingerprint density at radius 1 is 1.24 bits per heavy atom. The van der Waals surface area contributed by atoms with E-state index in [0.29, 0.717) is 22.3 Å². The van der Waals surface area contributed by atoms with E-state index in [1.807, 2.05) is 0 Å². The molecule has 0 aliphatic rings. The minimum Gasteiger partial charge on any atom is -0.408 e. The van der Waals surface area contributed by atoms with Crippen molar-refractivity contribution in [2.75, 3.05) is 11.9 Å². The highest BCUT2D eigenvalue weighted by Crippen LogP contribution is 2.29. The maximum Gasteiger partial charge on any atom is 0.410 e. The van der Waals surface area contributed by atoms with Gasteiger partial charge >= 0.3 is 6.09 Å². The Kier molecular flexibility index (Phi) is 4.71. The molecule has 1 unspecified atom stereocenters. The van der Waals surface area contributed by atoms with Crippen LogP contribution in [0.5, 0.6) is 5.75 Å². The molecule has 1 atom stereocenters. The Morgan fingerprint density at radius 3 is 2.76 bits per heavy atom. The summed E-state index contributed by atoms with van der Waals surface area (Å²) in [6.07, 6.45) is 0.401. The number of ether oxygens (including phenoxy) is 1. The van der Waals surface area contributed by atoms with Crippen LogP contribution in [0.25, 0.3) is 10.9 Å². The lowest BCUT2D eigenvalue weighted by atomic mass is 10.1. The van der Waals surface area contributed by atoms with Gasteiger partial charge in [-0.1, -0.05) is 18.2 Å². The number of anilines is 1. The first-order valence-electron chi connectivity index (χ1n) is 7.51. The number of amides is 1. The van der Waals surface area contributed by atoms with Crippen LogP contribution in [0, 0.1) is 5.82 Å². The standard InChI is InChI=1S/C17H16FN5O2/c18-11-4-1-3-10(7-11)13(8-19)23-16-12-5-2-6-14(25-17(20)24)15(12)21-9-22-16/h1-7,9,13H,8,19H2,(H2,20,24)(H,21,22,23). The third kappa shape index (κ3) is 3.64. The number of hydrogen-bond acceptors (Lipinski definition) is 6. The average molecular weight is 341 g/mol. The van der Waals surface area contributed by atoms with Gasteiger partial charge in [0.1, 0.15) is 23.5 Å². The number of hydrogen-bond donors (Lipinski definition) is 3. The van der Waals surface area contributed by atoms with Gasteiger partial charge in [0.05, 0.1) is 6.04 Å². The molecule has 7 nitrogen and oxygen atoms in total. The minimum atomic E-state index is -0.930. The van der Waals surface area contributed by atoms with Crippen LogP contribution in [0.1, 0.15) is 11.6 Å². The van der Waals surface area contributed by atoms with E-state index in [1.54, 1.807) is 30.3 Å². The van der Waals surface area contributed by atoms with E-state index in [0.717, 1.165) is 0 Å². The molecule has 5 N–H and O–H groups in total. The second kappa shape index (κ2) is 7.10. The summed E-state index contributed by atoms with van der Waals surface area (Å²) in [6, 6.07) is 10.9. The number of carbonyl (C=O) groups excluding carboxylic acids is 1. The Labute approximate surface area is 142 Å².